The summed E-state index contributed by atoms with van der Waals surface area (Å²) in [5.41, 5.74) is 1.91. The third-order valence-electron chi connectivity index (χ3n) is 3.07. The van der Waals surface area contributed by atoms with Crippen molar-refractivity contribution in [3.05, 3.63) is 23.5 Å². The number of rotatable bonds is 7. The molecule has 1 N–H and O–H groups in total. The average Bonchev–Trinajstić information content (AvgIpc) is 2.67. The largest absolute Gasteiger partial charge is 0.342 e. The normalized spacial score (nSPS) is 12.4. The summed E-state index contributed by atoms with van der Waals surface area (Å²) in [6.07, 6.45) is 7.13. The molecular formula is C14H23N3. The molecule has 1 atom stereocenters. The summed E-state index contributed by atoms with van der Waals surface area (Å²) < 4.78 is 1.87. The lowest BCUT2D eigenvalue weighted by atomic mass is 10.1. The van der Waals surface area contributed by atoms with E-state index in [0.29, 0.717) is 6.04 Å². The predicted octanol–water partition coefficient (Wildman–Crippen LogP) is 2.96. The summed E-state index contributed by atoms with van der Waals surface area (Å²) in [6, 6.07) is 4.68. The second-order valence-electron chi connectivity index (χ2n) is 4.73. The third kappa shape index (κ3) is 4.62. The highest BCUT2D eigenvalue weighted by molar-refractivity contribution is 5.28. The van der Waals surface area contributed by atoms with Crippen LogP contribution in [0.2, 0.25) is 0 Å². The highest BCUT2D eigenvalue weighted by Gasteiger charge is 2.04. The van der Waals surface area contributed by atoms with Gasteiger partial charge in [-0.3, -0.25) is 0 Å². The fraction of sp³-hybridized carbons (Fsp3) is 0.643. The minimum atomic E-state index is 0.548. The maximum atomic E-state index is 8.86. The predicted molar refractivity (Wildman–Crippen MR) is 70.6 cm³/mol. The first-order valence-corrected chi connectivity index (χ1v) is 6.46. The lowest BCUT2D eigenvalue weighted by Crippen LogP contribution is -2.25. The van der Waals surface area contributed by atoms with Gasteiger partial charge in [-0.05, 0) is 25.0 Å². The molecule has 1 rings (SSSR count). The molecule has 3 nitrogen and oxygen atoms in total. The molecule has 0 spiro atoms. The zero-order valence-electron chi connectivity index (χ0n) is 11.2. The molecule has 1 unspecified atom stereocenters. The van der Waals surface area contributed by atoms with Gasteiger partial charge >= 0.3 is 0 Å². The van der Waals surface area contributed by atoms with Crippen molar-refractivity contribution in [2.45, 2.75) is 52.1 Å². The molecule has 0 radical (unpaired) electrons. The van der Waals surface area contributed by atoms with Gasteiger partial charge in [0.15, 0.2) is 0 Å². The summed E-state index contributed by atoms with van der Waals surface area (Å²) in [6.45, 7) is 5.30. The van der Waals surface area contributed by atoms with Crippen LogP contribution in [0.15, 0.2) is 12.3 Å². The van der Waals surface area contributed by atoms with Crippen LogP contribution in [0.4, 0.5) is 0 Å². The number of nitrogens with zero attached hydrogens (tertiary/aromatic N) is 2. The second-order valence-corrected chi connectivity index (χ2v) is 4.73. The maximum absolute atomic E-state index is 8.86. The standard InChI is InChI=1S/C14H23N3/c1-4-5-6-7-12(2)16-10-13-8-14(9-15)17(3)11-13/h8,11-12,16H,4-7,10H2,1-3H3. The van der Waals surface area contributed by atoms with Crippen LogP contribution in [0.3, 0.4) is 0 Å². The lowest BCUT2D eigenvalue weighted by Gasteiger charge is -2.12. The van der Waals surface area contributed by atoms with Crippen LogP contribution in [-0.4, -0.2) is 10.6 Å². The molecule has 0 aliphatic heterocycles. The van der Waals surface area contributed by atoms with Gasteiger partial charge in [0.25, 0.3) is 0 Å². The van der Waals surface area contributed by atoms with Crippen LogP contribution in [0.1, 0.15) is 50.8 Å². The van der Waals surface area contributed by atoms with Crippen molar-refractivity contribution >= 4 is 0 Å². The monoisotopic (exact) mass is 233 g/mol. The van der Waals surface area contributed by atoms with Crippen molar-refractivity contribution in [3.8, 4) is 6.07 Å². The van der Waals surface area contributed by atoms with Gasteiger partial charge in [0, 0.05) is 25.8 Å². The number of aryl methyl sites for hydroxylation is 1. The first-order chi connectivity index (χ1) is 8.17. The van der Waals surface area contributed by atoms with E-state index in [1.54, 1.807) is 0 Å². The molecule has 0 fully saturated rings. The summed E-state index contributed by atoms with van der Waals surface area (Å²) in [7, 11) is 1.91. The van der Waals surface area contributed by atoms with Crippen molar-refractivity contribution < 1.29 is 0 Å². The highest BCUT2D eigenvalue weighted by atomic mass is 14.9. The van der Waals surface area contributed by atoms with Crippen LogP contribution in [0.5, 0.6) is 0 Å². The zero-order chi connectivity index (χ0) is 12.7. The summed E-state index contributed by atoms with van der Waals surface area (Å²) >= 11 is 0. The Balaban J connectivity index is 2.32. The molecule has 0 aliphatic rings. The Kier molecular flexibility index (Phi) is 5.79. The number of hydrogen-bond acceptors (Lipinski definition) is 2. The molecule has 0 saturated carbocycles. The number of nitriles is 1. The Morgan fingerprint density at radius 2 is 2.24 bits per heavy atom. The Morgan fingerprint density at radius 1 is 1.47 bits per heavy atom. The lowest BCUT2D eigenvalue weighted by molar-refractivity contribution is 0.487. The minimum absolute atomic E-state index is 0.548. The maximum Gasteiger partial charge on any atom is 0.120 e. The first-order valence-electron chi connectivity index (χ1n) is 6.46. The summed E-state index contributed by atoms with van der Waals surface area (Å²) in [5.74, 6) is 0. The number of hydrogen-bond donors (Lipinski definition) is 1. The molecule has 0 bridgehead atoms. The van der Waals surface area contributed by atoms with E-state index in [-0.39, 0.29) is 0 Å². The molecule has 1 aromatic heterocycles. The van der Waals surface area contributed by atoms with E-state index in [9.17, 15) is 0 Å². The van der Waals surface area contributed by atoms with Crippen molar-refractivity contribution in [3.63, 3.8) is 0 Å². The zero-order valence-corrected chi connectivity index (χ0v) is 11.2. The van der Waals surface area contributed by atoms with Gasteiger partial charge in [-0.2, -0.15) is 5.26 Å². The average molecular weight is 233 g/mol. The van der Waals surface area contributed by atoms with E-state index in [1.807, 2.05) is 23.9 Å². The van der Waals surface area contributed by atoms with Crippen LogP contribution >= 0.6 is 0 Å². The van der Waals surface area contributed by atoms with E-state index in [0.717, 1.165) is 12.2 Å². The Labute approximate surface area is 104 Å². The van der Waals surface area contributed by atoms with E-state index in [4.69, 9.17) is 5.26 Å². The van der Waals surface area contributed by atoms with Crippen LogP contribution in [-0.2, 0) is 13.6 Å². The Hall–Kier alpha value is -1.27. The summed E-state index contributed by atoms with van der Waals surface area (Å²) in [4.78, 5) is 0. The topological polar surface area (TPSA) is 40.8 Å². The molecule has 1 aromatic rings. The van der Waals surface area contributed by atoms with Gasteiger partial charge in [0.2, 0.25) is 0 Å². The molecule has 1 heterocycles. The van der Waals surface area contributed by atoms with Crippen molar-refractivity contribution in [1.29, 1.82) is 5.26 Å². The van der Waals surface area contributed by atoms with Crippen LogP contribution < -0.4 is 5.32 Å². The molecule has 0 amide bonds. The third-order valence-corrected chi connectivity index (χ3v) is 3.07. The fourth-order valence-electron chi connectivity index (χ4n) is 1.94. The van der Waals surface area contributed by atoms with Gasteiger partial charge in [-0.15, -0.1) is 0 Å². The van der Waals surface area contributed by atoms with Crippen LogP contribution in [0.25, 0.3) is 0 Å². The van der Waals surface area contributed by atoms with E-state index >= 15 is 0 Å². The van der Waals surface area contributed by atoms with Crippen molar-refractivity contribution in [2.24, 2.45) is 7.05 Å². The van der Waals surface area contributed by atoms with Gasteiger partial charge in [0.1, 0.15) is 11.8 Å². The highest BCUT2D eigenvalue weighted by Crippen LogP contribution is 2.07. The van der Waals surface area contributed by atoms with Crippen LogP contribution in [0, 0.1) is 11.3 Å². The van der Waals surface area contributed by atoms with Crippen molar-refractivity contribution in [1.82, 2.24) is 9.88 Å². The number of aromatic nitrogens is 1. The molecule has 0 saturated heterocycles. The van der Waals surface area contributed by atoms with Gasteiger partial charge in [-0.25, -0.2) is 0 Å². The SMILES string of the molecule is CCCCCC(C)NCc1cc(C#N)n(C)c1. The quantitative estimate of drug-likeness (QED) is 0.736. The molecule has 0 aromatic carbocycles. The first kappa shape index (κ1) is 13.8. The van der Waals surface area contributed by atoms with Crippen molar-refractivity contribution in [2.75, 3.05) is 0 Å². The van der Waals surface area contributed by atoms with E-state index in [2.05, 4.69) is 25.2 Å². The smallest absolute Gasteiger partial charge is 0.120 e. The van der Waals surface area contributed by atoms with E-state index < -0.39 is 0 Å². The summed E-state index contributed by atoms with van der Waals surface area (Å²) in [5, 5.41) is 12.4. The van der Waals surface area contributed by atoms with Gasteiger partial charge < -0.3 is 9.88 Å². The van der Waals surface area contributed by atoms with Gasteiger partial charge in [-0.1, -0.05) is 26.2 Å². The van der Waals surface area contributed by atoms with E-state index in [1.165, 1.54) is 31.2 Å². The Bertz CT molecular complexity index is 373. The minimum Gasteiger partial charge on any atom is -0.342 e. The molecule has 3 heteroatoms. The molecule has 17 heavy (non-hydrogen) atoms. The molecule has 0 aliphatic carbocycles. The number of nitrogens with one attached hydrogen (secondary N) is 1. The molecular weight excluding hydrogens is 210 g/mol. The molecule has 94 valence electrons. The Morgan fingerprint density at radius 3 is 2.82 bits per heavy atom. The van der Waals surface area contributed by atoms with Gasteiger partial charge in [0.05, 0.1) is 0 Å². The number of unbranched alkanes of at least 4 members (excludes halogenated alkanes) is 2. The fourth-order valence-corrected chi connectivity index (χ4v) is 1.94. The second kappa shape index (κ2) is 7.13.